The second kappa shape index (κ2) is 6.45. The molecular weight excluding hydrogens is 284 g/mol. The molecule has 0 spiro atoms. The number of amides is 3. The quantitative estimate of drug-likeness (QED) is 0.536. The Labute approximate surface area is 123 Å². The van der Waals surface area contributed by atoms with Gasteiger partial charge in [-0.1, -0.05) is 0 Å². The molecule has 7 nitrogen and oxygen atoms in total. The van der Waals surface area contributed by atoms with Crippen LogP contribution in [0.2, 0.25) is 0 Å². The highest BCUT2D eigenvalue weighted by atomic mass is 32.1. The summed E-state index contributed by atoms with van der Waals surface area (Å²) < 4.78 is 4.39. The molecule has 1 rings (SSSR count). The Morgan fingerprint density at radius 3 is 2.55 bits per heavy atom. The molecule has 0 aromatic rings. The van der Waals surface area contributed by atoms with Crippen molar-refractivity contribution in [2.75, 3.05) is 19.3 Å². The lowest BCUT2D eigenvalue weighted by atomic mass is 10.1. The first-order chi connectivity index (χ1) is 9.29. The Morgan fingerprint density at radius 2 is 2.10 bits per heavy atom. The van der Waals surface area contributed by atoms with E-state index in [1.54, 1.807) is 13.8 Å². The zero-order valence-corrected chi connectivity index (χ0v) is 12.7. The van der Waals surface area contributed by atoms with Gasteiger partial charge in [0.2, 0.25) is 0 Å². The Balaban J connectivity index is 3.00. The first kappa shape index (κ1) is 16.8. The minimum Gasteiger partial charge on any atom is -0.440 e. The van der Waals surface area contributed by atoms with Crippen LogP contribution in [0.5, 0.6) is 0 Å². The number of carbonyl (C=O) groups is 3. The monoisotopic (exact) mass is 305 g/mol. The molecular formula is C12H21N2O5S+. The van der Waals surface area contributed by atoms with Crippen molar-refractivity contribution in [3.63, 3.8) is 0 Å². The molecule has 0 saturated carbocycles. The van der Waals surface area contributed by atoms with Gasteiger partial charge in [-0.25, -0.2) is 9.59 Å². The van der Waals surface area contributed by atoms with Gasteiger partial charge in [0.1, 0.15) is 12.6 Å². The van der Waals surface area contributed by atoms with Gasteiger partial charge in [-0.05, 0) is 13.8 Å². The number of carboxylic acid groups (broad SMARTS) is 1. The number of ether oxygens (including phenoxy) is 1. The fourth-order valence-corrected chi connectivity index (χ4v) is 2.73. The first-order valence-corrected chi connectivity index (χ1v) is 7.07. The molecule has 2 N–H and O–H groups in total. The summed E-state index contributed by atoms with van der Waals surface area (Å²) in [6.07, 6.45) is -2.08. The lowest BCUT2D eigenvalue weighted by Crippen LogP contribution is -2.61. The molecule has 20 heavy (non-hydrogen) atoms. The molecule has 0 radical (unpaired) electrons. The largest absolute Gasteiger partial charge is 0.521 e. The molecule has 0 aromatic heterocycles. The highest BCUT2D eigenvalue weighted by Crippen LogP contribution is 2.32. The fourth-order valence-electron chi connectivity index (χ4n) is 2.57. The Hall–Kier alpha value is -1.28. The van der Waals surface area contributed by atoms with Crippen molar-refractivity contribution >= 4 is 30.7 Å². The second-order valence-corrected chi connectivity index (χ2v) is 5.48. The number of rotatable bonds is 3. The molecule has 1 aliphatic heterocycles. The van der Waals surface area contributed by atoms with Crippen LogP contribution in [-0.4, -0.2) is 59.2 Å². The van der Waals surface area contributed by atoms with Crippen molar-refractivity contribution in [3.05, 3.63) is 0 Å². The highest BCUT2D eigenvalue weighted by molar-refractivity contribution is 7.80. The van der Waals surface area contributed by atoms with Crippen LogP contribution in [0.15, 0.2) is 0 Å². The molecule has 1 heterocycles. The third kappa shape index (κ3) is 2.90. The minimum absolute atomic E-state index is 0.0408. The van der Waals surface area contributed by atoms with E-state index in [1.807, 2.05) is 0 Å². The van der Waals surface area contributed by atoms with E-state index < -0.39 is 40.6 Å². The number of hydrogen-bond donors (Lipinski definition) is 3. The first-order valence-electron chi connectivity index (χ1n) is 6.44. The molecule has 8 heteroatoms. The minimum atomic E-state index is -1.21. The maximum absolute atomic E-state index is 12.4. The fraction of sp³-hybridized carbons (Fsp3) is 0.750. The highest BCUT2D eigenvalue weighted by Gasteiger charge is 2.58. The van der Waals surface area contributed by atoms with Crippen LogP contribution >= 0.6 is 12.6 Å². The molecule has 114 valence electrons. The zero-order chi connectivity index (χ0) is 15.5. The van der Waals surface area contributed by atoms with Crippen molar-refractivity contribution in [1.29, 1.82) is 0 Å². The van der Waals surface area contributed by atoms with E-state index in [0.717, 1.165) is 0 Å². The maximum Gasteiger partial charge on any atom is 0.521 e. The van der Waals surface area contributed by atoms with Crippen molar-refractivity contribution in [1.82, 2.24) is 5.32 Å². The van der Waals surface area contributed by atoms with Gasteiger partial charge in [0.25, 0.3) is 0 Å². The standard InChI is InChI=1S/C12H20N2O5S/c1-7(6-20)10(15)14(12(17)18)5-9(4-8(14)2)19-11(16)13-3/h7-9H,4-6H2,1-3H3,(H2-,13,16,17,18,20)/p+1/t7?,8-,9+,14-/m1/s1. The summed E-state index contributed by atoms with van der Waals surface area (Å²) in [5.74, 6) is -0.599. The van der Waals surface area contributed by atoms with Gasteiger partial charge in [0, 0.05) is 19.2 Å². The smallest absolute Gasteiger partial charge is 0.440 e. The molecule has 1 fully saturated rings. The number of quaternary nitrogens is 1. The zero-order valence-electron chi connectivity index (χ0n) is 11.8. The summed E-state index contributed by atoms with van der Waals surface area (Å²) in [5.41, 5.74) is 0. The van der Waals surface area contributed by atoms with Gasteiger partial charge in [-0.2, -0.15) is 21.9 Å². The van der Waals surface area contributed by atoms with E-state index >= 15 is 0 Å². The van der Waals surface area contributed by atoms with E-state index in [0.29, 0.717) is 6.42 Å². The molecule has 1 unspecified atom stereocenters. The normalized spacial score (nSPS) is 30.6. The van der Waals surface area contributed by atoms with Gasteiger partial charge in [0.15, 0.2) is 6.10 Å². The molecule has 4 atom stereocenters. The lowest BCUT2D eigenvalue weighted by Gasteiger charge is -2.31. The number of carbonyl (C=O) groups excluding carboxylic acids is 2. The summed E-state index contributed by atoms with van der Waals surface area (Å²) in [4.78, 5) is 35.3. The Morgan fingerprint density at radius 1 is 1.50 bits per heavy atom. The average molecular weight is 305 g/mol. The number of thiol groups is 1. The number of alkyl carbamates (subject to hydrolysis) is 1. The average Bonchev–Trinajstić information content (AvgIpc) is 2.74. The van der Waals surface area contributed by atoms with Crippen molar-refractivity contribution in [2.24, 2.45) is 5.92 Å². The molecule has 0 aliphatic carbocycles. The number of nitrogens with one attached hydrogen (secondary N) is 1. The van der Waals surface area contributed by atoms with Crippen molar-refractivity contribution < 1.29 is 28.7 Å². The molecule has 0 aromatic carbocycles. The van der Waals surface area contributed by atoms with Gasteiger partial charge in [-0.3, -0.25) is 0 Å². The summed E-state index contributed by atoms with van der Waals surface area (Å²) in [6, 6.07) is -0.447. The van der Waals surface area contributed by atoms with E-state index in [9.17, 15) is 19.5 Å². The maximum atomic E-state index is 12.4. The number of hydrogen-bond acceptors (Lipinski definition) is 5. The molecule has 3 amide bonds. The predicted octanol–water partition coefficient (Wildman–Crippen LogP) is 1.09. The van der Waals surface area contributed by atoms with E-state index in [2.05, 4.69) is 17.9 Å². The van der Waals surface area contributed by atoms with Crippen LogP contribution in [0.25, 0.3) is 0 Å². The predicted molar refractivity (Wildman–Crippen MR) is 74.6 cm³/mol. The van der Waals surface area contributed by atoms with E-state index in [1.165, 1.54) is 7.05 Å². The number of likely N-dealkylation sites (tertiary alicyclic amines) is 1. The van der Waals surface area contributed by atoms with Gasteiger partial charge in [-0.15, -0.1) is 0 Å². The summed E-state index contributed by atoms with van der Waals surface area (Å²) in [7, 11) is 1.42. The van der Waals surface area contributed by atoms with Crippen molar-refractivity contribution in [2.45, 2.75) is 32.4 Å². The molecule has 1 aliphatic rings. The van der Waals surface area contributed by atoms with Gasteiger partial charge >= 0.3 is 18.1 Å². The summed E-state index contributed by atoms with van der Waals surface area (Å²) in [6.45, 7) is 3.29. The van der Waals surface area contributed by atoms with E-state index in [4.69, 9.17) is 4.74 Å². The third-order valence-corrected chi connectivity index (χ3v) is 4.30. The molecule has 1 saturated heterocycles. The van der Waals surface area contributed by atoms with Crippen LogP contribution < -0.4 is 5.32 Å². The lowest BCUT2D eigenvalue weighted by molar-refractivity contribution is -0.795. The third-order valence-electron chi connectivity index (χ3n) is 3.76. The van der Waals surface area contributed by atoms with Crippen molar-refractivity contribution in [3.8, 4) is 0 Å². The van der Waals surface area contributed by atoms with Crippen LogP contribution in [0.3, 0.4) is 0 Å². The summed E-state index contributed by atoms with van der Waals surface area (Å²) >= 11 is 4.06. The number of imide groups is 1. The van der Waals surface area contributed by atoms with E-state index in [-0.39, 0.29) is 12.3 Å². The number of nitrogens with zero attached hydrogens (tertiary/aromatic N) is 1. The van der Waals surface area contributed by atoms with Gasteiger partial charge < -0.3 is 15.2 Å². The Kier molecular flexibility index (Phi) is 5.41. The van der Waals surface area contributed by atoms with Crippen LogP contribution in [0, 0.1) is 5.92 Å². The SMILES string of the molecule is CNC(=O)O[C@H]1C[C@@H](C)[N@@+](C(=O)O)(C(=O)C(C)CS)C1. The van der Waals surface area contributed by atoms with Crippen LogP contribution in [0.1, 0.15) is 20.3 Å². The van der Waals surface area contributed by atoms with Crippen LogP contribution in [0.4, 0.5) is 9.59 Å². The second-order valence-electron chi connectivity index (χ2n) is 5.12. The topological polar surface area (TPSA) is 92.7 Å². The summed E-state index contributed by atoms with van der Waals surface area (Å²) in [5, 5.41) is 11.8. The Bertz CT molecular complexity index is 417. The van der Waals surface area contributed by atoms with Gasteiger partial charge in [0.05, 0.1) is 5.92 Å². The molecule has 0 bridgehead atoms. The van der Waals surface area contributed by atoms with Crippen LogP contribution in [-0.2, 0) is 9.53 Å².